The fourth-order valence-electron chi connectivity index (χ4n) is 1.45. The number of likely N-dealkylation sites (N-methyl/N-ethyl adjacent to an activating group) is 1. The summed E-state index contributed by atoms with van der Waals surface area (Å²) >= 11 is 0. The first-order chi connectivity index (χ1) is 7.15. The van der Waals surface area contributed by atoms with E-state index in [1.54, 1.807) is 24.5 Å². The highest BCUT2D eigenvalue weighted by atomic mass is 16.3. The zero-order valence-electron chi connectivity index (χ0n) is 9.27. The molecule has 0 aliphatic heterocycles. The fourth-order valence-corrected chi connectivity index (χ4v) is 1.45. The molecule has 0 saturated heterocycles. The monoisotopic (exact) mass is 210 g/mol. The summed E-state index contributed by atoms with van der Waals surface area (Å²) in [5, 5.41) is 0. The van der Waals surface area contributed by atoms with Gasteiger partial charge in [-0.25, -0.2) is 0 Å². The van der Waals surface area contributed by atoms with Crippen LogP contribution >= 0.6 is 0 Å². The third-order valence-electron chi connectivity index (χ3n) is 2.29. The van der Waals surface area contributed by atoms with E-state index >= 15 is 0 Å². The molecule has 0 radical (unpaired) electrons. The lowest BCUT2D eigenvalue weighted by Crippen LogP contribution is -2.41. The first-order valence-electron chi connectivity index (χ1n) is 5.16. The summed E-state index contributed by atoms with van der Waals surface area (Å²) in [6, 6.07) is 1.46. The van der Waals surface area contributed by atoms with E-state index in [4.69, 9.17) is 10.2 Å². The molecule has 1 rings (SSSR count). The molecule has 1 atom stereocenters. The minimum absolute atomic E-state index is 0.0157. The van der Waals surface area contributed by atoms with Crippen molar-refractivity contribution in [2.75, 3.05) is 7.05 Å². The summed E-state index contributed by atoms with van der Waals surface area (Å²) in [7, 11) is 1.75. The van der Waals surface area contributed by atoms with Gasteiger partial charge >= 0.3 is 0 Å². The van der Waals surface area contributed by atoms with Crippen molar-refractivity contribution in [1.29, 1.82) is 0 Å². The third-order valence-corrected chi connectivity index (χ3v) is 2.29. The summed E-state index contributed by atoms with van der Waals surface area (Å²) in [5.74, 6) is -0.0157. The molecule has 0 spiro atoms. The molecule has 0 bridgehead atoms. The summed E-state index contributed by atoms with van der Waals surface area (Å²) in [4.78, 5) is 13.4. The molecule has 0 aliphatic carbocycles. The summed E-state index contributed by atoms with van der Waals surface area (Å²) in [5.41, 5.74) is 6.72. The van der Waals surface area contributed by atoms with Crippen LogP contribution in [0.15, 0.2) is 23.0 Å². The number of furan rings is 1. The lowest BCUT2D eigenvalue weighted by Gasteiger charge is -2.20. The minimum Gasteiger partial charge on any atom is -0.472 e. The van der Waals surface area contributed by atoms with Gasteiger partial charge in [0.05, 0.1) is 18.6 Å². The number of nitrogens with zero attached hydrogens (tertiary/aromatic N) is 1. The Balaban J connectivity index is 2.46. The van der Waals surface area contributed by atoms with E-state index < -0.39 is 0 Å². The van der Waals surface area contributed by atoms with Gasteiger partial charge in [-0.2, -0.15) is 0 Å². The van der Waals surface area contributed by atoms with E-state index in [1.165, 1.54) is 0 Å². The van der Waals surface area contributed by atoms with Crippen molar-refractivity contribution in [1.82, 2.24) is 4.90 Å². The fraction of sp³-hybridized carbons (Fsp3) is 0.545. The van der Waals surface area contributed by atoms with Crippen LogP contribution in [0.4, 0.5) is 0 Å². The van der Waals surface area contributed by atoms with Gasteiger partial charge in [0.15, 0.2) is 0 Å². The predicted octanol–water partition coefficient (Wildman–Crippen LogP) is 1.37. The van der Waals surface area contributed by atoms with E-state index in [-0.39, 0.29) is 11.9 Å². The maximum absolute atomic E-state index is 11.7. The molecule has 4 nitrogen and oxygen atoms in total. The number of rotatable bonds is 5. The van der Waals surface area contributed by atoms with Crippen molar-refractivity contribution < 1.29 is 9.21 Å². The van der Waals surface area contributed by atoms with Gasteiger partial charge in [0.2, 0.25) is 5.91 Å². The Kier molecular flexibility index (Phi) is 4.37. The number of nitrogens with two attached hydrogens (primary N) is 1. The van der Waals surface area contributed by atoms with Crippen LogP contribution < -0.4 is 5.73 Å². The van der Waals surface area contributed by atoms with Crippen LogP contribution in [-0.4, -0.2) is 23.9 Å². The molecule has 0 aromatic carbocycles. The smallest absolute Gasteiger partial charge is 0.239 e. The van der Waals surface area contributed by atoms with Crippen molar-refractivity contribution >= 4 is 5.91 Å². The minimum atomic E-state index is -0.382. The average Bonchev–Trinajstić information content (AvgIpc) is 2.69. The number of amides is 1. The predicted molar refractivity (Wildman–Crippen MR) is 58.1 cm³/mol. The molecule has 0 unspecified atom stereocenters. The van der Waals surface area contributed by atoms with Crippen LogP contribution in [0.1, 0.15) is 25.3 Å². The Morgan fingerprint density at radius 1 is 1.67 bits per heavy atom. The van der Waals surface area contributed by atoms with Gasteiger partial charge in [-0.3, -0.25) is 4.79 Å². The molecule has 0 saturated carbocycles. The second kappa shape index (κ2) is 5.56. The summed E-state index contributed by atoms with van der Waals surface area (Å²) < 4.78 is 4.93. The average molecular weight is 210 g/mol. The van der Waals surface area contributed by atoms with Gasteiger partial charge in [0.25, 0.3) is 0 Å². The van der Waals surface area contributed by atoms with Gasteiger partial charge in [-0.05, 0) is 12.5 Å². The Bertz CT molecular complexity index is 296. The van der Waals surface area contributed by atoms with Gasteiger partial charge in [0.1, 0.15) is 0 Å². The molecule has 1 aromatic heterocycles. The van der Waals surface area contributed by atoms with Crippen LogP contribution in [0.25, 0.3) is 0 Å². The van der Waals surface area contributed by atoms with E-state index in [1.807, 2.05) is 13.0 Å². The first-order valence-corrected chi connectivity index (χ1v) is 5.16. The van der Waals surface area contributed by atoms with Gasteiger partial charge in [0, 0.05) is 19.2 Å². The molecular formula is C11H18N2O2. The van der Waals surface area contributed by atoms with E-state index in [2.05, 4.69) is 0 Å². The van der Waals surface area contributed by atoms with E-state index in [0.717, 1.165) is 18.4 Å². The second-order valence-electron chi connectivity index (χ2n) is 3.72. The molecule has 4 heteroatoms. The van der Waals surface area contributed by atoms with Gasteiger partial charge in [-0.1, -0.05) is 13.3 Å². The number of carbonyl (C=O) groups excluding carboxylic acids is 1. The van der Waals surface area contributed by atoms with Crippen LogP contribution in [0.2, 0.25) is 0 Å². The van der Waals surface area contributed by atoms with Crippen LogP contribution in [-0.2, 0) is 11.3 Å². The van der Waals surface area contributed by atoms with Crippen LogP contribution in [0, 0.1) is 0 Å². The second-order valence-corrected chi connectivity index (χ2v) is 3.72. The highest BCUT2D eigenvalue weighted by Crippen LogP contribution is 2.06. The SMILES string of the molecule is CCC[C@@H](N)C(=O)N(C)Cc1ccoc1. The molecule has 84 valence electrons. The van der Waals surface area contributed by atoms with Crippen LogP contribution in [0.5, 0.6) is 0 Å². The third kappa shape index (κ3) is 3.40. The summed E-state index contributed by atoms with van der Waals surface area (Å²) in [6.45, 7) is 2.57. The quantitative estimate of drug-likeness (QED) is 0.798. The van der Waals surface area contributed by atoms with Crippen molar-refractivity contribution in [3.05, 3.63) is 24.2 Å². The molecule has 2 N–H and O–H groups in total. The van der Waals surface area contributed by atoms with Crippen molar-refractivity contribution in [3.8, 4) is 0 Å². The topological polar surface area (TPSA) is 59.5 Å². The van der Waals surface area contributed by atoms with Gasteiger partial charge < -0.3 is 15.1 Å². The molecule has 0 aliphatic rings. The maximum atomic E-state index is 11.7. The standard InChI is InChI=1S/C11H18N2O2/c1-3-4-10(12)11(14)13(2)7-9-5-6-15-8-9/h5-6,8,10H,3-4,7,12H2,1-2H3/t10-/m1/s1. The maximum Gasteiger partial charge on any atom is 0.239 e. The molecular weight excluding hydrogens is 192 g/mol. The first kappa shape index (κ1) is 11.8. The lowest BCUT2D eigenvalue weighted by molar-refractivity contribution is -0.131. The van der Waals surface area contributed by atoms with Gasteiger partial charge in [-0.15, -0.1) is 0 Å². The molecule has 0 fully saturated rings. The highest BCUT2D eigenvalue weighted by Gasteiger charge is 2.17. The largest absolute Gasteiger partial charge is 0.472 e. The molecule has 15 heavy (non-hydrogen) atoms. The zero-order valence-corrected chi connectivity index (χ0v) is 9.27. The number of carbonyl (C=O) groups is 1. The Morgan fingerprint density at radius 3 is 2.93 bits per heavy atom. The van der Waals surface area contributed by atoms with E-state index in [0.29, 0.717) is 6.54 Å². The Hall–Kier alpha value is -1.29. The number of hydrogen-bond donors (Lipinski definition) is 1. The highest BCUT2D eigenvalue weighted by molar-refractivity contribution is 5.81. The Morgan fingerprint density at radius 2 is 2.40 bits per heavy atom. The van der Waals surface area contributed by atoms with Crippen molar-refractivity contribution in [2.45, 2.75) is 32.4 Å². The van der Waals surface area contributed by atoms with Crippen molar-refractivity contribution in [3.63, 3.8) is 0 Å². The van der Waals surface area contributed by atoms with E-state index in [9.17, 15) is 4.79 Å². The molecule has 1 heterocycles. The molecule has 1 amide bonds. The normalized spacial score (nSPS) is 12.5. The zero-order chi connectivity index (χ0) is 11.3. The van der Waals surface area contributed by atoms with Crippen molar-refractivity contribution in [2.24, 2.45) is 5.73 Å². The Labute approximate surface area is 90.0 Å². The molecule has 1 aromatic rings. The van der Waals surface area contributed by atoms with Crippen LogP contribution in [0.3, 0.4) is 0 Å². The summed E-state index contributed by atoms with van der Waals surface area (Å²) in [6.07, 6.45) is 4.88. The lowest BCUT2D eigenvalue weighted by atomic mass is 10.1. The number of hydrogen-bond acceptors (Lipinski definition) is 3.